The van der Waals surface area contributed by atoms with Gasteiger partial charge in [-0.2, -0.15) is 0 Å². The van der Waals surface area contributed by atoms with Gasteiger partial charge < -0.3 is 4.74 Å². The van der Waals surface area contributed by atoms with Crippen LogP contribution in [0, 0.1) is 0 Å². The number of hydrogen-bond acceptors (Lipinski definition) is 5. The number of rotatable bonds is 3. The molecule has 3 rings (SSSR count). The molecule has 6 nitrogen and oxygen atoms in total. The number of imide groups is 2. The summed E-state index contributed by atoms with van der Waals surface area (Å²) in [5.41, 5.74) is 0.242. The van der Waals surface area contributed by atoms with Crippen LogP contribution in [0.3, 0.4) is 0 Å². The maximum absolute atomic E-state index is 12.6. The molecule has 23 heavy (non-hydrogen) atoms. The monoisotopic (exact) mass is 328 g/mol. The lowest BCUT2D eigenvalue weighted by atomic mass is 10.1. The number of nitrogens with zero attached hydrogens (tertiary/aromatic N) is 1. The van der Waals surface area contributed by atoms with E-state index in [-0.39, 0.29) is 5.57 Å². The second-order valence-corrected chi connectivity index (χ2v) is 5.65. The fourth-order valence-electron chi connectivity index (χ4n) is 2.16. The molecule has 1 aromatic heterocycles. The van der Waals surface area contributed by atoms with Crippen molar-refractivity contribution >= 4 is 40.9 Å². The largest absolute Gasteiger partial charge is 0.497 e. The molecule has 1 saturated heterocycles. The number of thiophene rings is 1. The molecule has 1 aromatic carbocycles. The number of urea groups is 1. The van der Waals surface area contributed by atoms with Gasteiger partial charge >= 0.3 is 6.03 Å². The predicted octanol–water partition coefficient (Wildman–Crippen LogP) is 2.42. The number of methoxy groups -OCH3 is 1. The smallest absolute Gasteiger partial charge is 0.335 e. The minimum absolute atomic E-state index is 0.0881. The summed E-state index contributed by atoms with van der Waals surface area (Å²) in [6, 6.07) is 9.32. The first-order valence-corrected chi connectivity index (χ1v) is 7.57. The highest BCUT2D eigenvalue weighted by Crippen LogP contribution is 2.25. The first-order chi connectivity index (χ1) is 11.1. The van der Waals surface area contributed by atoms with Crippen molar-refractivity contribution in [1.29, 1.82) is 0 Å². The number of benzene rings is 1. The Hall–Kier alpha value is -2.93. The topological polar surface area (TPSA) is 75.7 Å². The molecular weight excluding hydrogens is 316 g/mol. The summed E-state index contributed by atoms with van der Waals surface area (Å²) in [4.78, 5) is 38.3. The van der Waals surface area contributed by atoms with Gasteiger partial charge in [-0.1, -0.05) is 12.1 Å². The maximum Gasteiger partial charge on any atom is 0.335 e. The highest BCUT2D eigenvalue weighted by molar-refractivity contribution is 7.10. The van der Waals surface area contributed by atoms with E-state index in [4.69, 9.17) is 4.74 Å². The zero-order chi connectivity index (χ0) is 16.4. The molecule has 2 heterocycles. The zero-order valence-corrected chi connectivity index (χ0v) is 12.9. The minimum atomic E-state index is -0.781. The predicted molar refractivity (Wildman–Crippen MR) is 86.3 cm³/mol. The number of carbonyl (C=O) groups excluding carboxylic acids is 3. The maximum atomic E-state index is 12.6. The number of carbonyl (C=O) groups is 3. The highest BCUT2D eigenvalue weighted by atomic mass is 32.1. The fraction of sp³-hybridized carbons (Fsp3) is 0.0625. The molecule has 7 heteroatoms. The second-order valence-electron chi connectivity index (χ2n) is 4.67. The number of ether oxygens (including phenoxy) is 1. The summed E-state index contributed by atoms with van der Waals surface area (Å²) < 4.78 is 5.10. The number of anilines is 1. The van der Waals surface area contributed by atoms with Gasteiger partial charge in [0, 0.05) is 10.9 Å². The van der Waals surface area contributed by atoms with Crippen molar-refractivity contribution < 1.29 is 19.1 Å². The van der Waals surface area contributed by atoms with Gasteiger partial charge in [0.25, 0.3) is 11.8 Å². The molecule has 0 radical (unpaired) electrons. The molecule has 1 aliphatic rings. The standard InChI is InChI=1S/C16H12N2O4S/c1-22-11-5-2-4-10(8-11)18-15(20)13(14(19)17-16(18)21)9-12-6-3-7-23-12/h2-9H,1H3,(H,17,19,21)/b13-9-. The Morgan fingerprint density at radius 1 is 1.17 bits per heavy atom. The zero-order valence-electron chi connectivity index (χ0n) is 12.1. The van der Waals surface area contributed by atoms with Crippen LogP contribution in [0.15, 0.2) is 47.4 Å². The molecule has 1 aliphatic heterocycles. The van der Waals surface area contributed by atoms with E-state index >= 15 is 0 Å². The van der Waals surface area contributed by atoms with Gasteiger partial charge in [0.05, 0.1) is 12.8 Å². The summed E-state index contributed by atoms with van der Waals surface area (Å²) in [6.45, 7) is 0. The van der Waals surface area contributed by atoms with E-state index in [2.05, 4.69) is 5.32 Å². The third-order valence-corrected chi connectivity index (χ3v) is 4.06. The first-order valence-electron chi connectivity index (χ1n) is 6.69. The van der Waals surface area contributed by atoms with Crippen molar-refractivity contribution in [3.63, 3.8) is 0 Å². The molecule has 4 amide bonds. The normalized spacial score (nSPS) is 16.7. The van der Waals surface area contributed by atoms with Gasteiger partial charge in [-0.3, -0.25) is 14.9 Å². The molecule has 2 aromatic rings. The van der Waals surface area contributed by atoms with Crippen molar-refractivity contribution in [2.75, 3.05) is 12.0 Å². The molecular formula is C16H12N2O4S. The quantitative estimate of drug-likeness (QED) is 0.693. The molecule has 0 spiro atoms. The van der Waals surface area contributed by atoms with E-state index in [0.717, 1.165) is 9.78 Å². The van der Waals surface area contributed by atoms with Crippen LogP contribution in [-0.2, 0) is 9.59 Å². The lowest BCUT2D eigenvalue weighted by molar-refractivity contribution is -0.122. The van der Waals surface area contributed by atoms with Crippen molar-refractivity contribution in [1.82, 2.24) is 5.32 Å². The highest BCUT2D eigenvalue weighted by Gasteiger charge is 2.36. The van der Waals surface area contributed by atoms with Crippen molar-refractivity contribution in [3.8, 4) is 5.75 Å². The molecule has 0 atom stereocenters. The molecule has 0 bridgehead atoms. The van der Waals surface area contributed by atoms with E-state index in [0.29, 0.717) is 11.4 Å². The number of hydrogen-bond donors (Lipinski definition) is 1. The average molecular weight is 328 g/mol. The van der Waals surface area contributed by atoms with Gasteiger partial charge in [-0.25, -0.2) is 9.69 Å². The summed E-state index contributed by atoms with van der Waals surface area (Å²) in [7, 11) is 1.49. The van der Waals surface area contributed by atoms with Gasteiger partial charge in [-0.15, -0.1) is 11.3 Å². The van der Waals surface area contributed by atoms with E-state index in [9.17, 15) is 14.4 Å². The summed E-state index contributed by atoms with van der Waals surface area (Å²) in [5, 5.41) is 4.02. The van der Waals surface area contributed by atoms with Crippen LogP contribution in [0.4, 0.5) is 10.5 Å². The molecule has 0 unspecified atom stereocenters. The van der Waals surface area contributed by atoms with E-state index in [1.165, 1.54) is 24.5 Å². The Labute approximate surface area is 136 Å². The number of amides is 4. The van der Waals surface area contributed by atoms with Crippen LogP contribution in [0.1, 0.15) is 4.88 Å². The summed E-state index contributed by atoms with van der Waals surface area (Å²) >= 11 is 1.39. The fourth-order valence-corrected chi connectivity index (χ4v) is 2.81. The Balaban J connectivity index is 2.01. The van der Waals surface area contributed by atoms with E-state index in [1.54, 1.807) is 30.3 Å². The summed E-state index contributed by atoms with van der Waals surface area (Å²) in [6.07, 6.45) is 1.47. The Kier molecular flexibility index (Phi) is 3.94. The van der Waals surface area contributed by atoms with Gasteiger partial charge in [-0.05, 0) is 29.7 Å². The number of barbiturate groups is 1. The van der Waals surface area contributed by atoms with Crippen LogP contribution in [0.5, 0.6) is 5.75 Å². The molecule has 0 saturated carbocycles. The second kappa shape index (κ2) is 6.05. The Morgan fingerprint density at radius 3 is 2.70 bits per heavy atom. The Bertz CT molecular complexity index is 811. The third-order valence-electron chi connectivity index (χ3n) is 3.24. The lowest BCUT2D eigenvalue weighted by Gasteiger charge is -2.26. The van der Waals surface area contributed by atoms with Crippen LogP contribution in [-0.4, -0.2) is 25.0 Å². The van der Waals surface area contributed by atoms with Crippen LogP contribution in [0.25, 0.3) is 6.08 Å². The molecule has 0 aliphatic carbocycles. The van der Waals surface area contributed by atoms with Crippen LogP contribution in [0.2, 0.25) is 0 Å². The lowest BCUT2D eigenvalue weighted by Crippen LogP contribution is -2.54. The first kappa shape index (κ1) is 15.0. The van der Waals surface area contributed by atoms with Crippen molar-refractivity contribution in [3.05, 3.63) is 52.2 Å². The summed E-state index contributed by atoms with van der Waals surface area (Å²) in [5.74, 6) is -0.864. The Morgan fingerprint density at radius 2 is 2.00 bits per heavy atom. The van der Waals surface area contributed by atoms with E-state index < -0.39 is 17.8 Å². The molecule has 116 valence electrons. The molecule has 1 N–H and O–H groups in total. The van der Waals surface area contributed by atoms with E-state index in [1.807, 2.05) is 11.4 Å². The van der Waals surface area contributed by atoms with Gasteiger partial charge in [0.1, 0.15) is 11.3 Å². The SMILES string of the molecule is COc1cccc(N2C(=O)NC(=O)/C(=C/c3cccs3)C2=O)c1. The van der Waals surface area contributed by atoms with Gasteiger partial charge in [0.2, 0.25) is 0 Å². The average Bonchev–Trinajstić information content (AvgIpc) is 3.04. The van der Waals surface area contributed by atoms with Crippen molar-refractivity contribution in [2.24, 2.45) is 0 Å². The van der Waals surface area contributed by atoms with Crippen LogP contribution < -0.4 is 15.0 Å². The minimum Gasteiger partial charge on any atom is -0.497 e. The third kappa shape index (κ3) is 2.86. The molecule has 1 fully saturated rings. The van der Waals surface area contributed by atoms with Gasteiger partial charge in [0.15, 0.2) is 0 Å². The number of nitrogens with one attached hydrogen (secondary N) is 1. The van der Waals surface area contributed by atoms with Crippen LogP contribution >= 0.6 is 11.3 Å². The van der Waals surface area contributed by atoms with Crippen molar-refractivity contribution in [2.45, 2.75) is 0 Å².